The normalized spacial score (nSPS) is 17.3. The van der Waals surface area contributed by atoms with Crippen molar-refractivity contribution in [3.8, 4) is 5.75 Å². The van der Waals surface area contributed by atoms with Crippen molar-refractivity contribution in [2.24, 2.45) is 0 Å². The summed E-state index contributed by atoms with van der Waals surface area (Å²) in [6.45, 7) is 2.32. The molecule has 7 nitrogen and oxygen atoms in total. The molecule has 36 heavy (non-hydrogen) atoms. The first-order valence-electron chi connectivity index (χ1n) is 12.3. The second-order valence-electron chi connectivity index (χ2n) is 9.06. The summed E-state index contributed by atoms with van der Waals surface area (Å²) in [6.07, 6.45) is 1.79. The van der Waals surface area contributed by atoms with E-state index >= 15 is 0 Å². The van der Waals surface area contributed by atoms with Gasteiger partial charge in [-0.05, 0) is 54.7 Å². The van der Waals surface area contributed by atoms with Gasteiger partial charge in [0.25, 0.3) is 5.91 Å². The van der Waals surface area contributed by atoms with Crippen LogP contribution in [0.1, 0.15) is 58.9 Å². The summed E-state index contributed by atoms with van der Waals surface area (Å²) >= 11 is 0. The molecule has 2 aliphatic rings. The van der Waals surface area contributed by atoms with Crippen molar-refractivity contribution in [2.45, 2.75) is 37.9 Å². The minimum absolute atomic E-state index is 0.0802. The van der Waals surface area contributed by atoms with Crippen LogP contribution in [0.5, 0.6) is 5.75 Å². The molecule has 1 aliphatic carbocycles. The zero-order valence-corrected chi connectivity index (χ0v) is 20.1. The quantitative estimate of drug-likeness (QED) is 0.485. The predicted octanol–water partition coefficient (Wildman–Crippen LogP) is 3.77. The largest absolute Gasteiger partial charge is 0.494 e. The number of hydrogen-bond donors (Lipinski definition) is 2. The fourth-order valence-electron chi connectivity index (χ4n) is 4.74. The second kappa shape index (κ2) is 10.2. The fraction of sp³-hybridized carbons (Fsp3) is 0.276. The third-order valence-electron chi connectivity index (χ3n) is 6.57. The van der Waals surface area contributed by atoms with Gasteiger partial charge in [-0.1, -0.05) is 60.7 Å². The van der Waals surface area contributed by atoms with Crippen LogP contribution in [0.4, 0.5) is 0 Å². The van der Waals surface area contributed by atoms with E-state index in [1.807, 2.05) is 73.7 Å². The van der Waals surface area contributed by atoms with Gasteiger partial charge in [-0.25, -0.2) is 0 Å². The van der Waals surface area contributed by atoms with Gasteiger partial charge in [0.05, 0.1) is 19.2 Å². The van der Waals surface area contributed by atoms with E-state index in [-0.39, 0.29) is 36.3 Å². The summed E-state index contributed by atoms with van der Waals surface area (Å²) in [6, 6.07) is 23.5. The van der Waals surface area contributed by atoms with Crippen molar-refractivity contribution in [1.29, 1.82) is 0 Å². The van der Waals surface area contributed by atoms with Crippen molar-refractivity contribution in [3.63, 3.8) is 0 Å². The molecule has 0 aromatic heterocycles. The Labute approximate surface area is 210 Å². The van der Waals surface area contributed by atoms with Crippen molar-refractivity contribution in [1.82, 2.24) is 15.5 Å². The van der Waals surface area contributed by atoms with Crippen LogP contribution in [0.3, 0.4) is 0 Å². The van der Waals surface area contributed by atoms with Gasteiger partial charge >= 0.3 is 0 Å². The summed E-state index contributed by atoms with van der Waals surface area (Å²) in [7, 11) is 0. The van der Waals surface area contributed by atoms with E-state index in [0.29, 0.717) is 17.7 Å². The van der Waals surface area contributed by atoms with E-state index in [1.165, 1.54) is 0 Å². The van der Waals surface area contributed by atoms with Crippen LogP contribution in [-0.2, 0) is 9.59 Å². The van der Waals surface area contributed by atoms with Gasteiger partial charge < -0.3 is 20.3 Å². The minimum atomic E-state index is -0.704. The monoisotopic (exact) mass is 483 g/mol. The molecule has 1 heterocycles. The third-order valence-corrected chi connectivity index (χ3v) is 6.57. The first-order valence-corrected chi connectivity index (χ1v) is 12.3. The molecule has 3 aromatic rings. The number of carbonyl (C=O) groups excluding carboxylic acids is 3. The molecule has 0 radical (unpaired) electrons. The molecule has 0 spiro atoms. The number of hydrogen-bond acceptors (Lipinski definition) is 4. The Kier molecular flexibility index (Phi) is 6.71. The molecule has 1 aliphatic heterocycles. The molecule has 0 unspecified atom stereocenters. The summed E-state index contributed by atoms with van der Waals surface area (Å²) in [5.74, 6) is -0.00931. The van der Waals surface area contributed by atoms with Crippen LogP contribution in [0, 0.1) is 0 Å². The van der Waals surface area contributed by atoms with Gasteiger partial charge in [0.2, 0.25) is 11.8 Å². The van der Waals surface area contributed by atoms with Gasteiger partial charge in [0, 0.05) is 11.6 Å². The Balaban J connectivity index is 1.29. The zero-order chi connectivity index (χ0) is 25.1. The Morgan fingerprint density at radius 1 is 0.944 bits per heavy atom. The van der Waals surface area contributed by atoms with Crippen LogP contribution in [0.25, 0.3) is 0 Å². The first-order chi connectivity index (χ1) is 17.6. The SMILES string of the molecule is CCOc1ccc([C@H](NC(=O)CNC(=O)[C@@H]2c3ccccc3C(=O)N2C2CC2)c2ccccc2)cc1. The molecule has 2 N–H and O–H groups in total. The molecular weight excluding hydrogens is 454 g/mol. The van der Waals surface area contributed by atoms with Crippen molar-refractivity contribution in [3.05, 3.63) is 101 Å². The van der Waals surface area contributed by atoms with Crippen LogP contribution in [0.2, 0.25) is 0 Å². The van der Waals surface area contributed by atoms with Crippen molar-refractivity contribution in [2.75, 3.05) is 13.2 Å². The number of rotatable bonds is 9. The van der Waals surface area contributed by atoms with Crippen LogP contribution >= 0.6 is 0 Å². The highest BCUT2D eigenvalue weighted by Crippen LogP contribution is 2.41. The predicted molar refractivity (Wildman–Crippen MR) is 135 cm³/mol. The lowest BCUT2D eigenvalue weighted by Crippen LogP contribution is -2.44. The smallest absolute Gasteiger partial charge is 0.255 e. The third kappa shape index (κ3) is 4.82. The van der Waals surface area contributed by atoms with E-state index in [1.54, 1.807) is 17.0 Å². The number of nitrogens with one attached hydrogen (secondary N) is 2. The summed E-state index contributed by atoms with van der Waals surface area (Å²) < 4.78 is 5.54. The van der Waals surface area contributed by atoms with Crippen molar-refractivity contribution < 1.29 is 19.1 Å². The molecule has 5 rings (SSSR count). The highest BCUT2D eigenvalue weighted by Gasteiger charge is 2.47. The second-order valence-corrected chi connectivity index (χ2v) is 9.06. The van der Waals surface area contributed by atoms with E-state index in [2.05, 4.69) is 10.6 Å². The maximum Gasteiger partial charge on any atom is 0.255 e. The maximum atomic E-state index is 13.2. The van der Waals surface area contributed by atoms with E-state index in [9.17, 15) is 14.4 Å². The number of carbonyl (C=O) groups is 3. The molecule has 0 bridgehead atoms. The number of fused-ring (bicyclic) bond motifs is 1. The Hall–Kier alpha value is -4.13. The lowest BCUT2D eigenvalue weighted by atomic mass is 9.98. The molecule has 184 valence electrons. The van der Waals surface area contributed by atoms with Crippen molar-refractivity contribution >= 4 is 17.7 Å². The standard InChI is InChI=1S/C29H29N3O4/c1-2-36-22-16-12-20(13-17-22)26(19-8-4-3-5-9-19)31-25(33)18-30-28(34)27-23-10-6-7-11-24(23)29(35)32(27)21-14-15-21/h3-13,16-17,21,26-27H,2,14-15,18H2,1H3,(H,30,34)(H,31,33)/t26-,27+/m1/s1. The zero-order valence-electron chi connectivity index (χ0n) is 20.1. The molecule has 1 saturated carbocycles. The lowest BCUT2D eigenvalue weighted by Gasteiger charge is -2.25. The summed E-state index contributed by atoms with van der Waals surface area (Å²) in [4.78, 5) is 40.8. The fourth-order valence-corrected chi connectivity index (χ4v) is 4.74. The number of ether oxygens (including phenoxy) is 1. The van der Waals surface area contributed by atoms with Crippen LogP contribution < -0.4 is 15.4 Å². The lowest BCUT2D eigenvalue weighted by molar-refractivity contribution is -0.129. The highest BCUT2D eigenvalue weighted by atomic mass is 16.5. The first kappa shape index (κ1) is 23.6. The Morgan fingerprint density at radius 2 is 1.61 bits per heavy atom. The number of amides is 3. The topological polar surface area (TPSA) is 87.7 Å². The van der Waals surface area contributed by atoms with Crippen LogP contribution in [-0.4, -0.2) is 41.8 Å². The van der Waals surface area contributed by atoms with E-state index in [0.717, 1.165) is 29.7 Å². The average molecular weight is 484 g/mol. The molecule has 7 heteroatoms. The molecule has 3 amide bonds. The Bertz CT molecular complexity index is 1260. The summed E-state index contributed by atoms with van der Waals surface area (Å²) in [5.41, 5.74) is 3.09. The van der Waals surface area contributed by atoms with Gasteiger partial charge in [-0.2, -0.15) is 0 Å². The molecule has 1 fully saturated rings. The summed E-state index contributed by atoms with van der Waals surface area (Å²) in [5, 5.41) is 5.81. The van der Waals surface area contributed by atoms with E-state index < -0.39 is 6.04 Å². The molecule has 0 saturated heterocycles. The molecule has 2 atom stereocenters. The molecular formula is C29H29N3O4. The minimum Gasteiger partial charge on any atom is -0.494 e. The van der Waals surface area contributed by atoms with Gasteiger partial charge in [0.15, 0.2) is 0 Å². The van der Waals surface area contributed by atoms with Gasteiger partial charge in [0.1, 0.15) is 11.8 Å². The number of nitrogens with zero attached hydrogens (tertiary/aromatic N) is 1. The number of benzene rings is 3. The van der Waals surface area contributed by atoms with Gasteiger partial charge in [-0.15, -0.1) is 0 Å². The molecule has 3 aromatic carbocycles. The average Bonchev–Trinajstić information content (AvgIpc) is 3.71. The van der Waals surface area contributed by atoms with Crippen LogP contribution in [0.15, 0.2) is 78.9 Å². The highest BCUT2D eigenvalue weighted by molar-refractivity contribution is 6.05. The Morgan fingerprint density at radius 3 is 2.31 bits per heavy atom. The van der Waals surface area contributed by atoms with E-state index in [4.69, 9.17) is 4.74 Å². The maximum absolute atomic E-state index is 13.2. The van der Waals surface area contributed by atoms with Gasteiger partial charge in [-0.3, -0.25) is 14.4 Å².